The highest BCUT2D eigenvalue weighted by molar-refractivity contribution is 7.89. The topological polar surface area (TPSA) is 98.8 Å². The minimum atomic E-state index is -3.96. The van der Waals surface area contributed by atoms with Crippen LogP contribution in [0.2, 0.25) is 0 Å². The van der Waals surface area contributed by atoms with Gasteiger partial charge < -0.3 is 5.32 Å². The third kappa shape index (κ3) is 5.98. The first kappa shape index (κ1) is 23.6. The van der Waals surface area contributed by atoms with Crippen LogP contribution in [0.25, 0.3) is 0 Å². The van der Waals surface area contributed by atoms with Crippen LogP contribution in [0.3, 0.4) is 0 Å². The first-order valence-electron chi connectivity index (χ1n) is 10.4. The number of piperazine rings is 1. The molecule has 1 aromatic carbocycles. The van der Waals surface area contributed by atoms with Crippen LogP contribution >= 0.6 is 0 Å². The summed E-state index contributed by atoms with van der Waals surface area (Å²) in [4.78, 5) is 25.7. The summed E-state index contributed by atoms with van der Waals surface area (Å²) in [6.45, 7) is 2.79. The summed E-state index contributed by atoms with van der Waals surface area (Å²) in [5.41, 5.74) is 0. The van der Waals surface area contributed by atoms with Crippen molar-refractivity contribution in [2.24, 2.45) is 5.92 Å². The van der Waals surface area contributed by atoms with Crippen molar-refractivity contribution in [1.29, 1.82) is 0 Å². The Kier molecular flexibility index (Phi) is 7.60. The van der Waals surface area contributed by atoms with Gasteiger partial charge >= 0.3 is 6.03 Å². The van der Waals surface area contributed by atoms with Gasteiger partial charge in [0.05, 0.1) is 11.4 Å². The van der Waals surface area contributed by atoms with E-state index in [0.29, 0.717) is 12.0 Å². The van der Waals surface area contributed by atoms with Crippen molar-refractivity contribution >= 4 is 22.0 Å². The van der Waals surface area contributed by atoms with Gasteiger partial charge in [0.2, 0.25) is 15.9 Å². The molecular weight excluding hydrogens is 430 g/mol. The average molecular weight is 459 g/mol. The zero-order chi connectivity index (χ0) is 22.6. The molecule has 1 heterocycles. The van der Waals surface area contributed by atoms with E-state index in [1.165, 1.54) is 4.31 Å². The number of carbonyl (C=O) groups excluding carboxylic acids is 2. The van der Waals surface area contributed by atoms with Gasteiger partial charge in [0, 0.05) is 32.2 Å². The maximum Gasteiger partial charge on any atom is 0.321 e. The van der Waals surface area contributed by atoms with Gasteiger partial charge in [-0.15, -0.1) is 0 Å². The van der Waals surface area contributed by atoms with Crippen LogP contribution in [0.4, 0.5) is 13.6 Å². The molecule has 1 aliphatic heterocycles. The zero-order valence-electron chi connectivity index (χ0n) is 17.4. The van der Waals surface area contributed by atoms with Gasteiger partial charge in [0.1, 0.15) is 0 Å². The van der Waals surface area contributed by atoms with Crippen LogP contribution in [-0.4, -0.2) is 68.3 Å². The minimum absolute atomic E-state index is 0.0350. The van der Waals surface area contributed by atoms with Crippen molar-refractivity contribution in [3.05, 3.63) is 29.8 Å². The lowest BCUT2D eigenvalue weighted by atomic mass is 9.86. The number of nitrogens with zero attached hydrogens (tertiary/aromatic N) is 2. The molecule has 2 aliphatic rings. The molecule has 0 bridgehead atoms. The van der Waals surface area contributed by atoms with E-state index in [0.717, 1.165) is 37.8 Å². The van der Waals surface area contributed by atoms with Crippen molar-refractivity contribution in [1.82, 2.24) is 19.8 Å². The molecule has 0 aromatic heterocycles. The highest BCUT2D eigenvalue weighted by atomic mass is 32.2. The van der Waals surface area contributed by atoms with Gasteiger partial charge in [-0.25, -0.2) is 22.0 Å². The summed E-state index contributed by atoms with van der Waals surface area (Å²) in [5.74, 6) is -2.42. The van der Waals surface area contributed by atoms with Gasteiger partial charge in [0.25, 0.3) is 0 Å². The van der Waals surface area contributed by atoms with Crippen molar-refractivity contribution in [2.45, 2.75) is 43.5 Å². The Balaban J connectivity index is 1.46. The third-order valence-electron chi connectivity index (χ3n) is 5.91. The maximum atomic E-state index is 13.4. The normalized spacial score (nSPS) is 23.3. The van der Waals surface area contributed by atoms with E-state index in [4.69, 9.17) is 0 Å². The second-order valence-corrected chi connectivity index (χ2v) is 10.1. The molecule has 1 aliphatic carbocycles. The molecule has 2 N–H and O–H groups in total. The summed E-state index contributed by atoms with van der Waals surface area (Å²) in [5, 5.41) is 5.19. The first-order valence-corrected chi connectivity index (χ1v) is 11.9. The van der Waals surface area contributed by atoms with E-state index in [-0.39, 0.29) is 43.7 Å². The fourth-order valence-electron chi connectivity index (χ4n) is 4.02. The van der Waals surface area contributed by atoms with Gasteiger partial charge in [-0.1, -0.05) is 19.8 Å². The Bertz CT molecular complexity index is 920. The predicted molar refractivity (Wildman–Crippen MR) is 110 cm³/mol. The van der Waals surface area contributed by atoms with Crippen molar-refractivity contribution in [2.75, 3.05) is 32.7 Å². The lowest BCUT2D eigenvalue weighted by Gasteiger charge is -2.33. The molecule has 2 atom stereocenters. The molecule has 3 amide bonds. The Morgan fingerprint density at radius 1 is 1.06 bits per heavy atom. The quantitative estimate of drug-likeness (QED) is 0.700. The van der Waals surface area contributed by atoms with E-state index in [2.05, 4.69) is 17.6 Å². The standard InChI is InChI=1S/C20H28F2N4O4S/c1-14-4-2-3-5-18(14)23-20(28)24-19(27)13-25-8-10-26(11-9-25)31(29,30)15-6-7-16(21)17(22)12-15/h6-7,12,14,18H,2-5,8-11,13H2,1H3,(H2,23,24,27,28). The predicted octanol–water partition coefficient (Wildman–Crippen LogP) is 1.68. The van der Waals surface area contributed by atoms with E-state index in [1.807, 2.05) is 0 Å². The van der Waals surface area contributed by atoms with Crippen LogP contribution in [0.5, 0.6) is 0 Å². The number of hydrogen-bond acceptors (Lipinski definition) is 5. The van der Waals surface area contributed by atoms with E-state index in [9.17, 15) is 26.8 Å². The molecule has 1 saturated carbocycles. The Morgan fingerprint density at radius 3 is 2.39 bits per heavy atom. The number of rotatable bonds is 5. The molecule has 11 heteroatoms. The molecule has 31 heavy (non-hydrogen) atoms. The number of halogens is 2. The molecule has 3 rings (SSSR count). The number of sulfonamides is 1. The summed E-state index contributed by atoms with van der Waals surface area (Å²) < 4.78 is 52.9. The number of nitrogens with one attached hydrogen (secondary N) is 2. The molecule has 172 valence electrons. The van der Waals surface area contributed by atoms with Crippen molar-refractivity contribution in [3.8, 4) is 0 Å². The molecular formula is C20H28F2N4O4S. The summed E-state index contributed by atoms with van der Waals surface area (Å²) in [6.07, 6.45) is 4.16. The monoisotopic (exact) mass is 458 g/mol. The Hall–Kier alpha value is -2.11. The fourth-order valence-corrected chi connectivity index (χ4v) is 5.45. The highest BCUT2D eigenvalue weighted by Crippen LogP contribution is 2.23. The maximum absolute atomic E-state index is 13.4. The van der Waals surface area contributed by atoms with Gasteiger partial charge in [-0.05, 0) is 37.0 Å². The van der Waals surface area contributed by atoms with E-state index < -0.39 is 33.6 Å². The van der Waals surface area contributed by atoms with Gasteiger partial charge in [0.15, 0.2) is 11.6 Å². The molecule has 0 radical (unpaired) electrons. The SMILES string of the molecule is CC1CCCCC1NC(=O)NC(=O)CN1CCN(S(=O)(=O)c2ccc(F)c(F)c2)CC1. The number of amides is 3. The Labute approximate surface area is 181 Å². The first-order chi connectivity index (χ1) is 14.7. The number of hydrogen-bond donors (Lipinski definition) is 2. The average Bonchev–Trinajstić information content (AvgIpc) is 2.72. The van der Waals surface area contributed by atoms with Gasteiger partial charge in [-0.3, -0.25) is 15.0 Å². The molecule has 8 nitrogen and oxygen atoms in total. The number of imide groups is 1. The largest absolute Gasteiger partial charge is 0.335 e. The second kappa shape index (κ2) is 10.0. The molecule has 1 aromatic rings. The third-order valence-corrected chi connectivity index (χ3v) is 7.80. The fraction of sp³-hybridized carbons (Fsp3) is 0.600. The molecule has 0 spiro atoms. The van der Waals surface area contributed by atoms with Gasteiger partial charge in [-0.2, -0.15) is 4.31 Å². The summed E-state index contributed by atoms with van der Waals surface area (Å²) >= 11 is 0. The van der Waals surface area contributed by atoms with Crippen LogP contribution in [0.1, 0.15) is 32.6 Å². The van der Waals surface area contributed by atoms with Crippen LogP contribution in [0.15, 0.2) is 23.1 Å². The van der Waals surface area contributed by atoms with Crippen molar-refractivity contribution in [3.63, 3.8) is 0 Å². The Morgan fingerprint density at radius 2 is 1.74 bits per heavy atom. The zero-order valence-corrected chi connectivity index (χ0v) is 18.3. The number of benzene rings is 1. The van der Waals surface area contributed by atoms with Crippen LogP contribution in [0, 0.1) is 17.6 Å². The molecule has 2 unspecified atom stereocenters. The van der Waals surface area contributed by atoms with Crippen LogP contribution < -0.4 is 10.6 Å². The second-order valence-electron chi connectivity index (χ2n) is 8.15. The van der Waals surface area contributed by atoms with Crippen LogP contribution in [-0.2, 0) is 14.8 Å². The van der Waals surface area contributed by atoms with E-state index >= 15 is 0 Å². The number of carbonyl (C=O) groups is 2. The summed E-state index contributed by atoms with van der Waals surface area (Å²) in [6, 6.07) is 2.02. The van der Waals surface area contributed by atoms with E-state index in [1.54, 1.807) is 4.90 Å². The highest BCUT2D eigenvalue weighted by Gasteiger charge is 2.30. The lowest BCUT2D eigenvalue weighted by Crippen LogP contribution is -2.53. The summed E-state index contributed by atoms with van der Waals surface area (Å²) in [7, 11) is -3.96. The smallest absolute Gasteiger partial charge is 0.321 e. The molecule has 2 fully saturated rings. The number of urea groups is 1. The van der Waals surface area contributed by atoms with Crippen molar-refractivity contribution < 1.29 is 26.8 Å². The minimum Gasteiger partial charge on any atom is -0.335 e. The lowest BCUT2D eigenvalue weighted by molar-refractivity contribution is -0.121. The molecule has 1 saturated heterocycles.